The van der Waals surface area contributed by atoms with Crippen molar-refractivity contribution in [2.75, 3.05) is 37.8 Å². The van der Waals surface area contributed by atoms with Crippen molar-refractivity contribution >= 4 is 38.3 Å². The number of fused-ring (bicyclic) bond motifs is 2. The number of carbonyl (C=O) groups excluding carboxylic acids is 1. The molecule has 0 unspecified atom stereocenters. The van der Waals surface area contributed by atoms with Gasteiger partial charge < -0.3 is 39.3 Å². The van der Waals surface area contributed by atoms with Crippen molar-refractivity contribution in [1.29, 1.82) is 0 Å². The average molecular weight is 955 g/mol. The second-order valence-corrected chi connectivity index (χ2v) is 21.2. The van der Waals surface area contributed by atoms with Gasteiger partial charge in [0.25, 0.3) is 15.9 Å². The van der Waals surface area contributed by atoms with Crippen LogP contribution in [-0.4, -0.2) is 85.0 Å². The Balaban J connectivity index is 0.917. The number of hydrogen-bond donors (Lipinski definition) is 4. The van der Waals surface area contributed by atoms with E-state index in [-0.39, 0.29) is 57.9 Å². The number of benzene rings is 3. The molecule has 0 bridgehead atoms. The maximum Gasteiger partial charge on any atom is 0.316 e. The molecule has 18 heteroatoms. The van der Waals surface area contributed by atoms with Crippen LogP contribution >= 0.6 is 0 Å². The molecule has 2 atom stereocenters. The molecule has 362 valence electrons. The number of ether oxygens (including phenoxy) is 4. The van der Waals surface area contributed by atoms with E-state index in [1.54, 1.807) is 19.1 Å². The summed E-state index contributed by atoms with van der Waals surface area (Å²) in [6.45, 7) is 10.9. The number of hydrogen-bond acceptors (Lipinski definition) is 13. The maximum absolute atomic E-state index is 14.7. The maximum atomic E-state index is 14.7. The van der Waals surface area contributed by atoms with Crippen LogP contribution in [0.15, 0.2) is 78.0 Å². The van der Waals surface area contributed by atoms with Crippen molar-refractivity contribution in [3.05, 3.63) is 106 Å². The Morgan fingerprint density at radius 2 is 1.81 bits per heavy atom. The number of amides is 1. The molecule has 9 rings (SSSR count). The van der Waals surface area contributed by atoms with Crippen molar-refractivity contribution in [2.24, 2.45) is 11.3 Å². The Morgan fingerprint density at radius 3 is 2.51 bits per heavy atom. The minimum atomic E-state index is -4.75. The molecule has 4 heterocycles. The highest BCUT2D eigenvalue weighted by molar-refractivity contribution is 7.90. The van der Waals surface area contributed by atoms with Crippen molar-refractivity contribution < 1.29 is 46.6 Å². The van der Waals surface area contributed by atoms with Gasteiger partial charge in [0, 0.05) is 55.8 Å². The molecule has 3 aromatic carbocycles. The third-order valence-electron chi connectivity index (χ3n) is 14.4. The van der Waals surface area contributed by atoms with E-state index in [1.807, 2.05) is 6.92 Å². The van der Waals surface area contributed by atoms with Crippen LogP contribution in [0.1, 0.15) is 113 Å². The van der Waals surface area contributed by atoms with E-state index in [4.69, 9.17) is 18.9 Å². The Kier molecular flexibility index (Phi) is 13.2. The normalized spacial score (nSPS) is 22.0. The Bertz CT molecular complexity index is 2790. The molecule has 5 aromatic rings. The fourth-order valence-electron chi connectivity index (χ4n) is 10.5. The first kappa shape index (κ1) is 47.3. The largest absolute Gasteiger partial charge is 0.485 e. The zero-order valence-electron chi connectivity index (χ0n) is 38.8. The smallest absolute Gasteiger partial charge is 0.316 e. The van der Waals surface area contributed by atoms with Gasteiger partial charge in [-0.1, -0.05) is 38.1 Å². The molecule has 2 aliphatic heterocycles. The monoisotopic (exact) mass is 954 g/mol. The highest BCUT2D eigenvalue weighted by atomic mass is 32.2. The first-order valence-corrected chi connectivity index (χ1v) is 25.0. The summed E-state index contributed by atoms with van der Waals surface area (Å²) < 4.78 is 68.8. The Labute approximate surface area is 395 Å². The number of nitrogens with zero attached hydrogens (tertiary/aromatic N) is 3. The molecule has 3 fully saturated rings. The fourth-order valence-corrected chi connectivity index (χ4v) is 11.5. The molecule has 1 spiro atoms. The van der Waals surface area contributed by atoms with Crippen molar-refractivity contribution in [2.45, 2.75) is 114 Å². The Morgan fingerprint density at radius 1 is 1.07 bits per heavy atom. The molecule has 1 saturated heterocycles. The molecular weight excluding hydrogens is 896 g/mol. The summed E-state index contributed by atoms with van der Waals surface area (Å²) in [5, 5.41) is 26.8. The number of anilines is 1. The lowest BCUT2D eigenvalue weighted by Crippen LogP contribution is -2.54. The summed E-state index contributed by atoms with van der Waals surface area (Å²) in [6.07, 6.45) is 8.32. The number of carbonyl (C=O) groups is 1. The van der Waals surface area contributed by atoms with Crippen LogP contribution in [0.4, 0.5) is 15.8 Å². The number of aliphatic hydroxyl groups is 1. The Hall–Kier alpha value is -5.82. The first-order valence-electron chi connectivity index (χ1n) is 23.5. The summed E-state index contributed by atoms with van der Waals surface area (Å²) in [5.41, 5.74) is 2.23. The van der Waals surface area contributed by atoms with Crippen LogP contribution in [0.5, 0.6) is 23.0 Å². The number of rotatable bonds is 15. The van der Waals surface area contributed by atoms with Crippen molar-refractivity contribution in [3.8, 4) is 23.0 Å². The lowest BCUT2D eigenvalue weighted by Gasteiger charge is -2.53. The van der Waals surface area contributed by atoms with E-state index in [1.165, 1.54) is 35.7 Å². The number of halogens is 1. The second kappa shape index (κ2) is 18.9. The number of sulfonamides is 1. The van der Waals surface area contributed by atoms with Crippen molar-refractivity contribution in [3.63, 3.8) is 0 Å². The predicted molar refractivity (Wildman–Crippen MR) is 253 cm³/mol. The quantitative estimate of drug-likeness (QED) is 0.0572. The molecule has 2 aliphatic carbocycles. The van der Waals surface area contributed by atoms with Crippen LogP contribution in [0.2, 0.25) is 0 Å². The van der Waals surface area contributed by atoms with E-state index >= 15 is 0 Å². The van der Waals surface area contributed by atoms with Gasteiger partial charge in [0.15, 0.2) is 5.75 Å². The third kappa shape index (κ3) is 9.86. The molecule has 2 aromatic heterocycles. The number of aromatic nitrogens is 2. The van der Waals surface area contributed by atoms with Gasteiger partial charge >= 0.3 is 5.69 Å². The first-order chi connectivity index (χ1) is 32.5. The van der Waals surface area contributed by atoms with Gasteiger partial charge in [-0.2, -0.15) is 0 Å². The number of aromatic amines is 1. The van der Waals surface area contributed by atoms with Crippen LogP contribution < -0.4 is 29.1 Å². The van der Waals surface area contributed by atoms with Crippen LogP contribution in [0, 0.1) is 27.3 Å². The van der Waals surface area contributed by atoms with Crippen molar-refractivity contribution in [1.82, 2.24) is 20.0 Å². The fraction of sp³-hybridized carbons (Fsp3) is 0.480. The summed E-state index contributed by atoms with van der Waals surface area (Å²) >= 11 is 0. The lowest BCUT2D eigenvalue weighted by molar-refractivity contribution is -0.386. The second-order valence-electron chi connectivity index (χ2n) is 19.5. The molecule has 1 amide bonds. The number of H-pyrrole nitrogens is 1. The van der Waals surface area contributed by atoms with Crippen LogP contribution in [0.3, 0.4) is 0 Å². The zero-order valence-corrected chi connectivity index (χ0v) is 39.6. The standard InChI is InChI=1S/C50H59FN6O10S/c1-5-64-28-41(37-9-7-6-8-36(37)30(2)3)54-32-24-50(25-32)16-18-56(19-17-50)33-10-11-38(43(20-33)66-34-21-39-40(51)27-53-47(39)52-26-34)48(58)55-68(62,63)35-22-42(57(60)61)46-44(23-35)65-29-45(67-46)31-12-14-49(4,59)15-13-31/h6-11,20-23,26-27,30-32,41,45,54,59H,5,12-19,24-25,28-29H2,1-4H3,(H,52,53)(H,55,58)/t31-,41-,45-,49-/m0/s1. The van der Waals surface area contributed by atoms with Gasteiger partial charge in [0.1, 0.15) is 35.7 Å². The van der Waals surface area contributed by atoms with Crippen LogP contribution in [0.25, 0.3) is 11.0 Å². The predicted octanol–water partition coefficient (Wildman–Crippen LogP) is 8.84. The van der Waals surface area contributed by atoms with Gasteiger partial charge in [-0.3, -0.25) is 14.9 Å². The SMILES string of the molecule is CCOC[C@H](NC1CC2(CCN(c3ccc(C(=O)NS(=O)(=O)c4cc5c(c([N+](=O)[O-])c4)O[C@H]([C@H]4CC[C@](C)(O)CC4)CO5)c(Oc4cnc5[nH]cc(F)c5c4)c3)CC2)C1)c1ccccc1C(C)C. The van der Waals surface area contributed by atoms with Gasteiger partial charge in [-0.25, -0.2) is 22.5 Å². The van der Waals surface area contributed by atoms with E-state index in [9.17, 15) is 32.8 Å². The molecule has 2 saturated carbocycles. The summed E-state index contributed by atoms with van der Waals surface area (Å²) in [4.78, 5) is 34.3. The van der Waals surface area contributed by atoms with Crippen LogP contribution in [-0.2, 0) is 14.8 Å². The molecule has 16 nitrogen and oxygen atoms in total. The summed E-state index contributed by atoms with van der Waals surface area (Å²) in [5.74, 6) is -1.50. The number of nitro groups is 1. The molecule has 68 heavy (non-hydrogen) atoms. The minimum absolute atomic E-state index is 0.00840. The highest BCUT2D eigenvalue weighted by Crippen LogP contribution is 2.51. The molecule has 0 radical (unpaired) electrons. The average Bonchev–Trinajstić information content (AvgIpc) is 3.68. The number of pyridine rings is 1. The van der Waals surface area contributed by atoms with E-state index < -0.39 is 49.0 Å². The number of piperidine rings is 1. The van der Waals surface area contributed by atoms with Gasteiger partial charge in [-0.15, -0.1) is 0 Å². The minimum Gasteiger partial charge on any atom is -0.485 e. The lowest BCUT2D eigenvalue weighted by atomic mass is 9.60. The number of nitrogens with one attached hydrogen (secondary N) is 3. The summed E-state index contributed by atoms with van der Waals surface area (Å²) in [7, 11) is -4.75. The highest BCUT2D eigenvalue weighted by Gasteiger charge is 2.47. The van der Waals surface area contributed by atoms with E-state index in [0.29, 0.717) is 56.5 Å². The number of nitro benzene ring substituents is 1. The van der Waals surface area contributed by atoms with E-state index in [0.717, 1.165) is 56.6 Å². The third-order valence-corrected chi connectivity index (χ3v) is 15.7. The van der Waals surface area contributed by atoms with E-state index in [2.05, 4.69) is 63.0 Å². The van der Waals surface area contributed by atoms with Gasteiger partial charge in [0.05, 0.1) is 45.2 Å². The molecule has 4 aliphatic rings. The zero-order chi connectivity index (χ0) is 48.0. The topological polar surface area (TPSA) is 207 Å². The summed E-state index contributed by atoms with van der Waals surface area (Å²) in [6, 6.07) is 17.2. The molecular formula is C50H59FN6O10S. The van der Waals surface area contributed by atoms with Gasteiger partial charge in [-0.05, 0) is 112 Å². The van der Waals surface area contributed by atoms with Gasteiger partial charge in [0.2, 0.25) is 5.75 Å². The molecule has 4 N–H and O–H groups in total.